The van der Waals surface area contributed by atoms with Gasteiger partial charge in [0.2, 0.25) is 17.0 Å². The van der Waals surface area contributed by atoms with Gasteiger partial charge in [-0.05, 0) is 35.7 Å². The highest BCUT2D eigenvalue weighted by Gasteiger charge is 2.14. The molecule has 0 atom stereocenters. The Balaban J connectivity index is 1.52. The predicted molar refractivity (Wildman–Crippen MR) is 131 cm³/mol. The summed E-state index contributed by atoms with van der Waals surface area (Å²) in [6.45, 7) is 4.42. The number of thioether (sulfide) groups is 2. The molecule has 5 N–H and O–H groups in total. The molecule has 0 aliphatic carbocycles. The molecule has 0 saturated heterocycles. The second kappa shape index (κ2) is 11.6. The molecule has 0 unspecified atom stereocenters. The second-order valence-electron chi connectivity index (χ2n) is 7.37. The van der Waals surface area contributed by atoms with Crippen LogP contribution in [0.4, 0.5) is 5.69 Å². The lowest BCUT2D eigenvalue weighted by atomic mass is 10.0. The number of carbonyl (C=O) groups excluding carboxylic acids is 2. The van der Waals surface area contributed by atoms with Gasteiger partial charge >= 0.3 is 0 Å². The molecule has 0 bridgehead atoms. The van der Waals surface area contributed by atoms with Gasteiger partial charge in [0, 0.05) is 4.90 Å². The zero-order valence-electron chi connectivity index (χ0n) is 18.4. The van der Waals surface area contributed by atoms with Gasteiger partial charge in [0.25, 0.3) is 0 Å². The van der Waals surface area contributed by atoms with Crippen LogP contribution in [0.2, 0.25) is 0 Å². The van der Waals surface area contributed by atoms with E-state index in [0.717, 1.165) is 16.7 Å². The van der Waals surface area contributed by atoms with Gasteiger partial charge in [-0.1, -0.05) is 49.9 Å². The Bertz CT molecular complexity index is 1100. The molecule has 174 valence electrons. The normalized spacial score (nSPS) is 10.9. The van der Waals surface area contributed by atoms with Crippen molar-refractivity contribution in [2.75, 3.05) is 22.7 Å². The van der Waals surface area contributed by atoms with Gasteiger partial charge in [-0.3, -0.25) is 9.59 Å². The molecule has 11 heteroatoms. The fourth-order valence-corrected chi connectivity index (χ4v) is 4.18. The maximum absolute atomic E-state index is 12.4. The van der Waals surface area contributed by atoms with Crippen molar-refractivity contribution in [1.29, 1.82) is 0 Å². The van der Waals surface area contributed by atoms with Crippen LogP contribution in [0.25, 0.3) is 0 Å². The summed E-state index contributed by atoms with van der Waals surface area (Å²) in [5.41, 5.74) is 7.05. The number of nitrogens with two attached hydrogens (primary N) is 2. The van der Waals surface area contributed by atoms with Crippen LogP contribution in [0.1, 0.15) is 31.2 Å². The number of ether oxygens (including phenoxy) is 1. The minimum Gasteiger partial charge on any atom is -0.486 e. The lowest BCUT2D eigenvalue weighted by Gasteiger charge is -2.10. The summed E-state index contributed by atoms with van der Waals surface area (Å²) < 4.78 is 7.07. The van der Waals surface area contributed by atoms with E-state index in [1.54, 1.807) is 12.1 Å². The number of amides is 2. The first-order chi connectivity index (χ1) is 15.8. The first kappa shape index (κ1) is 24.5. The monoisotopic (exact) mass is 486 g/mol. The molecule has 2 aromatic carbocycles. The number of hydrogen-bond donors (Lipinski definition) is 3. The number of aromatic nitrogens is 3. The number of para-hydroxylation sites is 1. The molecule has 9 nitrogen and oxygen atoms in total. The van der Waals surface area contributed by atoms with Crippen LogP contribution in [0.5, 0.6) is 5.75 Å². The average molecular weight is 487 g/mol. The van der Waals surface area contributed by atoms with Crippen molar-refractivity contribution in [3.05, 3.63) is 59.9 Å². The van der Waals surface area contributed by atoms with Crippen LogP contribution in [0.3, 0.4) is 0 Å². The van der Waals surface area contributed by atoms with Gasteiger partial charge < -0.3 is 21.6 Å². The molecule has 3 aromatic rings. The summed E-state index contributed by atoms with van der Waals surface area (Å²) in [7, 11) is 0. The van der Waals surface area contributed by atoms with Gasteiger partial charge in [0.1, 0.15) is 12.4 Å². The molecule has 1 aromatic heterocycles. The van der Waals surface area contributed by atoms with Crippen LogP contribution in [0, 0.1) is 0 Å². The van der Waals surface area contributed by atoms with Gasteiger partial charge in [0.15, 0.2) is 5.82 Å². The third kappa shape index (κ3) is 7.16. The summed E-state index contributed by atoms with van der Waals surface area (Å²) >= 11 is 2.43. The predicted octanol–water partition coefficient (Wildman–Crippen LogP) is 3.00. The highest BCUT2D eigenvalue weighted by atomic mass is 32.2. The minimum absolute atomic E-state index is 0.0850. The molecule has 0 aliphatic heterocycles. The molecule has 33 heavy (non-hydrogen) atoms. The number of rotatable bonds is 11. The molecule has 2 amide bonds. The summed E-state index contributed by atoms with van der Waals surface area (Å²) in [5, 5.41) is 11.3. The summed E-state index contributed by atoms with van der Waals surface area (Å²) in [6.07, 6.45) is 0. The van der Waals surface area contributed by atoms with Crippen molar-refractivity contribution in [1.82, 2.24) is 14.9 Å². The third-order valence-corrected chi connectivity index (χ3v) is 6.55. The zero-order valence-corrected chi connectivity index (χ0v) is 20.0. The first-order valence-electron chi connectivity index (χ1n) is 10.2. The zero-order chi connectivity index (χ0) is 23.8. The van der Waals surface area contributed by atoms with E-state index in [9.17, 15) is 9.59 Å². The number of anilines is 1. The van der Waals surface area contributed by atoms with Crippen LogP contribution in [-0.4, -0.2) is 38.2 Å². The maximum atomic E-state index is 12.4. The van der Waals surface area contributed by atoms with Gasteiger partial charge in [-0.15, -0.1) is 22.0 Å². The lowest BCUT2D eigenvalue weighted by molar-refractivity contribution is -0.115. The van der Waals surface area contributed by atoms with E-state index in [0.29, 0.717) is 28.3 Å². The quantitative estimate of drug-likeness (QED) is 0.278. The maximum Gasteiger partial charge on any atom is 0.234 e. The van der Waals surface area contributed by atoms with E-state index in [1.165, 1.54) is 22.0 Å². The smallest absolute Gasteiger partial charge is 0.234 e. The largest absolute Gasteiger partial charge is 0.486 e. The fourth-order valence-electron chi connectivity index (χ4n) is 2.76. The van der Waals surface area contributed by atoms with E-state index < -0.39 is 5.91 Å². The number of benzene rings is 2. The molecule has 0 spiro atoms. The van der Waals surface area contributed by atoms with Crippen LogP contribution in [-0.2, 0) is 16.2 Å². The van der Waals surface area contributed by atoms with Crippen molar-refractivity contribution in [3.8, 4) is 5.75 Å². The van der Waals surface area contributed by atoms with E-state index in [2.05, 4.69) is 29.4 Å². The lowest BCUT2D eigenvalue weighted by Crippen LogP contribution is -2.18. The Labute approximate surface area is 200 Å². The summed E-state index contributed by atoms with van der Waals surface area (Å²) in [6, 6.07) is 15.1. The third-order valence-electron chi connectivity index (χ3n) is 4.51. The van der Waals surface area contributed by atoms with E-state index in [-0.39, 0.29) is 24.0 Å². The van der Waals surface area contributed by atoms with Crippen LogP contribution < -0.4 is 21.6 Å². The Morgan fingerprint density at radius 3 is 2.48 bits per heavy atom. The van der Waals surface area contributed by atoms with E-state index >= 15 is 0 Å². The number of nitrogens with one attached hydrogen (secondary N) is 1. The number of hydrogen-bond acceptors (Lipinski definition) is 8. The van der Waals surface area contributed by atoms with Crippen molar-refractivity contribution >= 4 is 41.0 Å². The van der Waals surface area contributed by atoms with Gasteiger partial charge in [-0.25, -0.2) is 4.68 Å². The van der Waals surface area contributed by atoms with Crippen LogP contribution in [0.15, 0.2) is 58.6 Å². The van der Waals surface area contributed by atoms with E-state index in [1.807, 2.05) is 36.4 Å². The first-order valence-corrected chi connectivity index (χ1v) is 12.2. The molecule has 1 heterocycles. The average Bonchev–Trinajstić information content (AvgIpc) is 3.15. The summed E-state index contributed by atoms with van der Waals surface area (Å²) in [5.74, 6) is 7.23. The van der Waals surface area contributed by atoms with Crippen molar-refractivity contribution in [3.63, 3.8) is 0 Å². The van der Waals surface area contributed by atoms with Gasteiger partial charge in [-0.2, -0.15) is 0 Å². The Morgan fingerprint density at radius 1 is 1.06 bits per heavy atom. The topological polar surface area (TPSA) is 138 Å². The molecular formula is C22H26N6O3S2. The van der Waals surface area contributed by atoms with E-state index in [4.69, 9.17) is 16.3 Å². The van der Waals surface area contributed by atoms with Gasteiger partial charge in [0.05, 0.1) is 17.2 Å². The number of nitrogens with zero attached hydrogens (tertiary/aromatic N) is 3. The Kier molecular flexibility index (Phi) is 8.61. The van der Waals surface area contributed by atoms with Crippen LogP contribution >= 0.6 is 23.5 Å². The standard InChI is InChI=1S/C22H26N6O3S2/c1-14(2)15-7-9-16(10-8-15)31-11-20-26-27-22(28(20)24)33-13-21(30)25-17-5-3-4-6-18(17)32-12-19(23)29/h3-10,14H,11-13,24H2,1-2H3,(H2,23,29)(H,25,30). The van der Waals surface area contributed by atoms with Crippen molar-refractivity contribution < 1.29 is 14.3 Å². The minimum atomic E-state index is -0.425. The molecule has 0 saturated carbocycles. The molecule has 0 radical (unpaired) electrons. The second-order valence-corrected chi connectivity index (χ2v) is 9.33. The SMILES string of the molecule is CC(C)c1ccc(OCc2nnc(SCC(=O)Nc3ccccc3SCC(N)=O)n2N)cc1. The van der Waals surface area contributed by atoms with Crippen molar-refractivity contribution in [2.45, 2.75) is 36.4 Å². The number of primary amides is 1. The molecule has 3 rings (SSSR count). The van der Waals surface area contributed by atoms with Crippen molar-refractivity contribution in [2.24, 2.45) is 5.73 Å². The summed E-state index contributed by atoms with van der Waals surface area (Å²) in [4.78, 5) is 24.2. The fraction of sp³-hybridized carbons (Fsp3) is 0.273. The highest BCUT2D eigenvalue weighted by Crippen LogP contribution is 2.27. The molecule has 0 fully saturated rings. The number of nitrogen functional groups attached to an aromatic ring is 1. The molecular weight excluding hydrogens is 460 g/mol. The highest BCUT2D eigenvalue weighted by molar-refractivity contribution is 8.00. The Hall–Kier alpha value is -3.18. The Morgan fingerprint density at radius 2 is 1.79 bits per heavy atom. The molecule has 0 aliphatic rings. The number of carbonyl (C=O) groups is 2.